The van der Waals surface area contributed by atoms with Gasteiger partial charge in [0.1, 0.15) is 5.56 Å². The molecule has 0 aromatic carbocycles. The summed E-state index contributed by atoms with van der Waals surface area (Å²) in [5.41, 5.74) is 1.11. The standard InChI is InChI=1S/C15H26N4O2/c1-11(2)16-7-12-5-4-6-19(9-12)10-14-13(15(20)21)8-17-18(14)3/h8,11-12,16H,4-7,9-10H2,1-3H3,(H,20,21). The van der Waals surface area contributed by atoms with Gasteiger partial charge < -0.3 is 10.4 Å². The maximum Gasteiger partial charge on any atom is 0.339 e. The lowest BCUT2D eigenvalue weighted by Gasteiger charge is -2.33. The van der Waals surface area contributed by atoms with E-state index >= 15 is 0 Å². The normalized spacial score (nSPS) is 20.1. The third-order valence-electron chi connectivity index (χ3n) is 4.08. The molecular formula is C15H26N4O2. The monoisotopic (exact) mass is 294 g/mol. The van der Waals surface area contributed by atoms with Crippen molar-refractivity contribution in [1.29, 1.82) is 0 Å². The minimum atomic E-state index is -0.895. The third-order valence-corrected chi connectivity index (χ3v) is 4.08. The van der Waals surface area contributed by atoms with Crippen molar-refractivity contribution in [2.45, 2.75) is 39.3 Å². The van der Waals surface area contributed by atoms with Crippen LogP contribution in [0, 0.1) is 5.92 Å². The molecule has 2 N–H and O–H groups in total. The molecule has 0 radical (unpaired) electrons. The summed E-state index contributed by atoms with van der Waals surface area (Å²) in [5, 5.41) is 16.8. The molecule has 2 rings (SSSR count). The molecule has 1 aromatic rings. The Labute approximate surface area is 126 Å². The number of nitrogens with zero attached hydrogens (tertiary/aromatic N) is 3. The number of hydrogen-bond acceptors (Lipinski definition) is 4. The molecule has 1 aliphatic heterocycles. The number of piperidine rings is 1. The van der Waals surface area contributed by atoms with E-state index in [0.717, 1.165) is 25.3 Å². The molecule has 0 bridgehead atoms. The molecule has 21 heavy (non-hydrogen) atoms. The molecular weight excluding hydrogens is 268 g/mol. The summed E-state index contributed by atoms with van der Waals surface area (Å²) in [5.74, 6) is -0.254. The summed E-state index contributed by atoms with van der Waals surface area (Å²) in [4.78, 5) is 13.6. The predicted molar refractivity (Wildman–Crippen MR) is 81.3 cm³/mol. The smallest absolute Gasteiger partial charge is 0.339 e. The van der Waals surface area contributed by atoms with Crippen LogP contribution in [0.15, 0.2) is 6.20 Å². The van der Waals surface area contributed by atoms with Crippen molar-refractivity contribution in [2.75, 3.05) is 19.6 Å². The predicted octanol–water partition coefficient (Wildman–Crippen LogP) is 1.33. The average molecular weight is 294 g/mol. The molecule has 0 aliphatic carbocycles. The van der Waals surface area contributed by atoms with Gasteiger partial charge in [0.15, 0.2) is 0 Å². The lowest BCUT2D eigenvalue weighted by molar-refractivity contribution is 0.0693. The van der Waals surface area contributed by atoms with Gasteiger partial charge in [-0.25, -0.2) is 4.79 Å². The molecule has 1 aromatic heterocycles. The van der Waals surface area contributed by atoms with Gasteiger partial charge in [-0.3, -0.25) is 9.58 Å². The van der Waals surface area contributed by atoms with E-state index in [4.69, 9.17) is 0 Å². The van der Waals surface area contributed by atoms with E-state index in [1.807, 2.05) is 7.05 Å². The number of carboxylic acids is 1. The molecule has 118 valence electrons. The Balaban J connectivity index is 1.96. The first-order chi connectivity index (χ1) is 9.97. The summed E-state index contributed by atoms with van der Waals surface area (Å²) in [6, 6.07) is 0.510. The van der Waals surface area contributed by atoms with Gasteiger partial charge in [-0.15, -0.1) is 0 Å². The fraction of sp³-hybridized carbons (Fsp3) is 0.733. The zero-order valence-electron chi connectivity index (χ0n) is 13.2. The number of nitrogens with one attached hydrogen (secondary N) is 1. The average Bonchev–Trinajstić information content (AvgIpc) is 2.79. The zero-order valence-corrected chi connectivity index (χ0v) is 13.2. The number of hydrogen-bond donors (Lipinski definition) is 2. The van der Waals surface area contributed by atoms with Gasteiger partial charge in [0, 0.05) is 26.2 Å². The largest absolute Gasteiger partial charge is 0.478 e. The van der Waals surface area contributed by atoms with Crippen LogP contribution in [0.3, 0.4) is 0 Å². The van der Waals surface area contributed by atoms with Crippen molar-refractivity contribution in [2.24, 2.45) is 13.0 Å². The van der Waals surface area contributed by atoms with E-state index in [-0.39, 0.29) is 0 Å². The van der Waals surface area contributed by atoms with Crippen molar-refractivity contribution < 1.29 is 9.90 Å². The maximum atomic E-state index is 11.2. The molecule has 1 saturated heterocycles. The number of carboxylic acid groups (broad SMARTS) is 1. The number of carbonyl (C=O) groups is 1. The molecule has 1 aliphatic rings. The number of likely N-dealkylation sites (tertiary alicyclic amines) is 1. The molecule has 1 unspecified atom stereocenters. The molecule has 1 atom stereocenters. The van der Waals surface area contributed by atoms with Gasteiger partial charge in [-0.1, -0.05) is 13.8 Å². The quantitative estimate of drug-likeness (QED) is 0.828. The number of aryl methyl sites for hydroxylation is 1. The highest BCUT2D eigenvalue weighted by molar-refractivity contribution is 5.88. The second-order valence-corrected chi connectivity index (χ2v) is 6.24. The molecule has 2 heterocycles. The van der Waals surface area contributed by atoms with E-state index in [1.54, 1.807) is 4.68 Å². The second kappa shape index (κ2) is 7.04. The van der Waals surface area contributed by atoms with Gasteiger partial charge in [0.2, 0.25) is 0 Å². The first kappa shape index (κ1) is 16.0. The van der Waals surface area contributed by atoms with E-state index in [2.05, 4.69) is 29.2 Å². The minimum Gasteiger partial charge on any atom is -0.478 e. The van der Waals surface area contributed by atoms with E-state index in [0.29, 0.717) is 24.1 Å². The topological polar surface area (TPSA) is 70.4 Å². The zero-order chi connectivity index (χ0) is 15.4. The fourth-order valence-corrected chi connectivity index (χ4v) is 2.90. The summed E-state index contributed by atoms with van der Waals surface area (Å²) >= 11 is 0. The van der Waals surface area contributed by atoms with Gasteiger partial charge in [-0.2, -0.15) is 5.10 Å². The van der Waals surface area contributed by atoms with Crippen molar-refractivity contribution >= 4 is 5.97 Å². The fourth-order valence-electron chi connectivity index (χ4n) is 2.90. The second-order valence-electron chi connectivity index (χ2n) is 6.24. The molecule has 6 nitrogen and oxygen atoms in total. The number of aromatic nitrogens is 2. The van der Waals surface area contributed by atoms with Gasteiger partial charge in [0.05, 0.1) is 11.9 Å². The lowest BCUT2D eigenvalue weighted by atomic mass is 9.97. The van der Waals surface area contributed by atoms with Crippen LogP contribution in [0.4, 0.5) is 0 Å². The van der Waals surface area contributed by atoms with Crippen molar-refractivity contribution in [1.82, 2.24) is 20.0 Å². The highest BCUT2D eigenvalue weighted by Gasteiger charge is 2.23. The van der Waals surface area contributed by atoms with Crippen LogP contribution in [0.5, 0.6) is 0 Å². The molecule has 1 fully saturated rings. The Morgan fingerprint density at radius 1 is 1.57 bits per heavy atom. The van der Waals surface area contributed by atoms with Crippen LogP contribution < -0.4 is 5.32 Å². The Morgan fingerprint density at radius 3 is 3.00 bits per heavy atom. The van der Waals surface area contributed by atoms with Gasteiger partial charge >= 0.3 is 5.97 Å². The van der Waals surface area contributed by atoms with Gasteiger partial charge in [0.25, 0.3) is 0 Å². The van der Waals surface area contributed by atoms with E-state index < -0.39 is 5.97 Å². The first-order valence-corrected chi connectivity index (χ1v) is 7.67. The number of rotatable bonds is 6. The van der Waals surface area contributed by atoms with Crippen molar-refractivity contribution in [3.63, 3.8) is 0 Å². The SMILES string of the molecule is CC(C)NCC1CCCN(Cc2c(C(=O)O)cnn2C)C1. The molecule has 0 spiro atoms. The van der Waals surface area contributed by atoms with Crippen LogP contribution in [0.2, 0.25) is 0 Å². The molecule has 0 saturated carbocycles. The Kier molecular flexibility index (Phi) is 5.36. The third kappa shape index (κ3) is 4.28. The van der Waals surface area contributed by atoms with Crippen LogP contribution in [0.1, 0.15) is 42.7 Å². The maximum absolute atomic E-state index is 11.2. The minimum absolute atomic E-state index is 0.319. The van der Waals surface area contributed by atoms with Crippen LogP contribution in [-0.4, -0.2) is 51.4 Å². The lowest BCUT2D eigenvalue weighted by Crippen LogP contribution is -2.41. The summed E-state index contributed by atoms with van der Waals surface area (Å²) in [6.45, 7) is 8.07. The Bertz CT molecular complexity index is 484. The molecule has 0 amide bonds. The highest BCUT2D eigenvalue weighted by Crippen LogP contribution is 2.19. The van der Waals surface area contributed by atoms with Crippen molar-refractivity contribution in [3.05, 3.63) is 17.5 Å². The summed E-state index contributed by atoms with van der Waals surface area (Å²) in [6.07, 6.45) is 3.86. The summed E-state index contributed by atoms with van der Waals surface area (Å²) in [7, 11) is 1.81. The van der Waals surface area contributed by atoms with Crippen molar-refractivity contribution in [3.8, 4) is 0 Å². The molecule has 6 heteroatoms. The first-order valence-electron chi connectivity index (χ1n) is 7.67. The summed E-state index contributed by atoms with van der Waals surface area (Å²) < 4.78 is 1.68. The van der Waals surface area contributed by atoms with Crippen LogP contribution in [-0.2, 0) is 13.6 Å². The van der Waals surface area contributed by atoms with E-state index in [9.17, 15) is 9.90 Å². The highest BCUT2D eigenvalue weighted by atomic mass is 16.4. The van der Waals surface area contributed by atoms with Crippen LogP contribution in [0.25, 0.3) is 0 Å². The number of aromatic carboxylic acids is 1. The van der Waals surface area contributed by atoms with E-state index in [1.165, 1.54) is 19.0 Å². The van der Waals surface area contributed by atoms with Crippen LogP contribution >= 0.6 is 0 Å². The Hall–Kier alpha value is -1.40. The Morgan fingerprint density at radius 2 is 2.33 bits per heavy atom. The van der Waals surface area contributed by atoms with Gasteiger partial charge in [-0.05, 0) is 31.8 Å².